The van der Waals surface area contributed by atoms with Crippen molar-refractivity contribution in [3.8, 4) is 0 Å². The van der Waals surface area contributed by atoms with Crippen LogP contribution in [0, 0.1) is 10.1 Å². The molecule has 7 nitrogen and oxygen atoms in total. The summed E-state index contributed by atoms with van der Waals surface area (Å²) in [5.74, 6) is -1.11. The number of esters is 1. The third kappa shape index (κ3) is 5.85. The molecule has 1 aromatic heterocycles. The van der Waals surface area contributed by atoms with E-state index in [1.807, 2.05) is 24.4 Å². The number of carbonyl (C=O) groups is 2. The van der Waals surface area contributed by atoms with E-state index in [-0.39, 0.29) is 11.7 Å². The Hall–Kier alpha value is -3.00. The van der Waals surface area contributed by atoms with Gasteiger partial charge >= 0.3 is 5.97 Å². The summed E-state index contributed by atoms with van der Waals surface area (Å²) in [7, 11) is 0. The minimum atomic E-state index is -0.703. The van der Waals surface area contributed by atoms with Crippen LogP contribution in [-0.2, 0) is 14.3 Å². The van der Waals surface area contributed by atoms with Gasteiger partial charge in [0.15, 0.2) is 6.61 Å². The Labute approximate surface area is 148 Å². The SMILES string of the molecule is C[C@H](NC(=O)COC(=O)/C=C/c1cccc([N+](=O)[O-])c1)c1cccs1. The van der Waals surface area contributed by atoms with Crippen molar-refractivity contribution < 1.29 is 19.2 Å². The predicted molar refractivity (Wildman–Crippen MR) is 94.0 cm³/mol. The standard InChI is InChI=1S/C17H16N2O5S/c1-12(15-6-3-9-25-15)18-16(20)11-24-17(21)8-7-13-4-2-5-14(10-13)19(22)23/h2-10,12H,11H2,1H3,(H,18,20)/b8-7+/t12-/m0/s1. The molecular weight excluding hydrogens is 344 g/mol. The second kappa shape index (κ2) is 8.74. The van der Waals surface area contributed by atoms with Gasteiger partial charge in [-0.05, 0) is 30.0 Å². The highest BCUT2D eigenvalue weighted by atomic mass is 32.1. The Morgan fingerprint density at radius 2 is 2.16 bits per heavy atom. The summed E-state index contributed by atoms with van der Waals surface area (Å²) in [5, 5.41) is 15.3. The average Bonchev–Trinajstić information content (AvgIpc) is 3.13. The fourth-order valence-electron chi connectivity index (χ4n) is 1.98. The second-order valence-electron chi connectivity index (χ2n) is 5.10. The van der Waals surface area contributed by atoms with Crippen LogP contribution >= 0.6 is 11.3 Å². The molecule has 2 rings (SSSR count). The molecule has 0 aliphatic carbocycles. The molecule has 25 heavy (non-hydrogen) atoms. The van der Waals surface area contributed by atoms with Crippen molar-refractivity contribution in [2.75, 3.05) is 6.61 Å². The van der Waals surface area contributed by atoms with Crippen LogP contribution in [0.3, 0.4) is 0 Å². The average molecular weight is 360 g/mol. The zero-order chi connectivity index (χ0) is 18.2. The predicted octanol–water partition coefficient (Wildman–Crippen LogP) is 3.09. The lowest BCUT2D eigenvalue weighted by molar-refractivity contribution is -0.384. The van der Waals surface area contributed by atoms with E-state index in [9.17, 15) is 19.7 Å². The van der Waals surface area contributed by atoms with Crippen LogP contribution in [0.1, 0.15) is 23.4 Å². The van der Waals surface area contributed by atoms with Gasteiger partial charge in [0.2, 0.25) is 0 Å². The van der Waals surface area contributed by atoms with Crippen molar-refractivity contribution in [1.82, 2.24) is 5.32 Å². The fourth-order valence-corrected chi connectivity index (χ4v) is 2.72. The molecule has 1 N–H and O–H groups in total. The van der Waals surface area contributed by atoms with Crippen molar-refractivity contribution in [2.45, 2.75) is 13.0 Å². The number of hydrogen-bond donors (Lipinski definition) is 1. The molecule has 0 aliphatic heterocycles. The van der Waals surface area contributed by atoms with Crippen molar-refractivity contribution in [3.05, 3.63) is 68.4 Å². The van der Waals surface area contributed by atoms with Gasteiger partial charge in [-0.1, -0.05) is 18.2 Å². The molecular formula is C17H16N2O5S. The topological polar surface area (TPSA) is 98.5 Å². The number of ether oxygens (including phenoxy) is 1. The molecule has 0 saturated heterocycles. The van der Waals surface area contributed by atoms with E-state index in [0.29, 0.717) is 5.56 Å². The summed E-state index contributed by atoms with van der Waals surface area (Å²) in [5.41, 5.74) is 0.416. The number of hydrogen-bond acceptors (Lipinski definition) is 6. The Bertz CT molecular complexity index is 786. The van der Waals surface area contributed by atoms with Gasteiger partial charge in [0.05, 0.1) is 11.0 Å². The van der Waals surface area contributed by atoms with Gasteiger partial charge in [0.1, 0.15) is 0 Å². The Balaban J connectivity index is 1.81. The fraction of sp³-hybridized carbons (Fsp3) is 0.176. The normalized spacial score (nSPS) is 11.9. The summed E-state index contributed by atoms with van der Waals surface area (Å²) < 4.78 is 4.85. The summed E-state index contributed by atoms with van der Waals surface area (Å²) in [6, 6.07) is 9.46. The van der Waals surface area contributed by atoms with Gasteiger partial charge in [-0.2, -0.15) is 0 Å². The highest BCUT2D eigenvalue weighted by Gasteiger charge is 2.11. The van der Waals surface area contributed by atoms with Gasteiger partial charge in [0.25, 0.3) is 11.6 Å². The first-order valence-electron chi connectivity index (χ1n) is 7.38. The maximum absolute atomic E-state index is 11.8. The van der Waals surface area contributed by atoms with Crippen LogP contribution in [0.4, 0.5) is 5.69 Å². The Morgan fingerprint density at radius 3 is 2.84 bits per heavy atom. The number of carbonyl (C=O) groups excluding carboxylic acids is 2. The first kappa shape index (κ1) is 18.3. The van der Waals surface area contributed by atoms with Gasteiger partial charge in [0, 0.05) is 23.1 Å². The first-order valence-corrected chi connectivity index (χ1v) is 8.25. The molecule has 1 amide bonds. The number of amides is 1. The molecule has 0 saturated carbocycles. The zero-order valence-corrected chi connectivity index (χ0v) is 14.2. The minimum absolute atomic E-state index is 0.0718. The Morgan fingerprint density at radius 1 is 1.36 bits per heavy atom. The third-order valence-electron chi connectivity index (χ3n) is 3.19. The lowest BCUT2D eigenvalue weighted by Crippen LogP contribution is -2.30. The van der Waals surface area contributed by atoms with Gasteiger partial charge in [-0.15, -0.1) is 11.3 Å². The summed E-state index contributed by atoms with van der Waals surface area (Å²) in [6.45, 7) is 1.45. The maximum atomic E-state index is 11.8. The number of thiophene rings is 1. The summed E-state index contributed by atoms with van der Waals surface area (Å²) in [6.07, 6.45) is 2.51. The second-order valence-corrected chi connectivity index (χ2v) is 6.08. The number of benzene rings is 1. The number of nitro benzene ring substituents is 1. The van der Waals surface area contributed by atoms with Gasteiger partial charge in [-0.3, -0.25) is 14.9 Å². The van der Waals surface area contributed by atoms with E-state index >= 15 is 0 Å². The molecule has 1 atom stereocenters. The van der Waals surface area contributed by atoms with Crippen molar-refractivity contribution in [2.24, 2.45) is 0 Å². The van der Waals surface area contributed by atoms with E-state index < -0.39 is 23.4 Å². The third-order valence-corrected chi connectivity index (χ3v) is 4.24. The molecule has 1 heterocycles. The molecule has 130 valence electrons. The largest absolute Gasteiger partial charge is 0.452 e. The molecule has 0 aliphatic rings. The van der Waals surface area contributed by atoms with Gasteiger partial charge in [-0.25, -0.2) is 4.79 Å². The maximum Gasteiger partial charge on any atom is 0.331 e. The van der Waals surface area contributed by atoms with Gasteiger partial charge < -0.3 is 10.1 Å². The number of nitrogens with one attached hydrogen (secondary N) is 1. The molecule has 8 heteroatoms. The molecule has 2 aromatic rings. The van der Waals surface area contributed by atoms with E-state index in [2.05, 4.69) is 5.32 Å². The summed E-state index contributed by atoms with van der Waals surface area (Å²) >= 11 is 1.52. The van der Waals surface area contributed by atoms with E-state index in [1.54, 1.807) is 6.07 Å². The molecule has 0 bridgehead atoms. The van der Waals surface area contributed by atoms with E-state index in [0.717, 1.165) is 11.0 Å². The summed E-state index contributed by atoms with van der Waals surface area (Å²) in [4.78, 5) is 34.6. The van der Waals surface area contributed by atoms with Crippen LogP contribution < -0.4 is 5.32 Å². The number of rotatable bonds is 7. The molecule has 0 radical (unpaired) electrons. The van der Waals surface area contributed by atoms with Crippen LogP contribution in [0.2, 0.25) is 0 Å². The first-order chi connectivity index (χ1) is 12.0. The lowest BCUT2D eigenvalue weighted by Gasteiger charge is -2.11. The van der Waals surface area contributed by atoms with E-state index in [4.69, 9.17) is 4.74 Å². The molecule has 1 aromatic carbocycles. The number of nitrogens with zero attached hydrogens (tertiary/aromatic N) is 1. The molecule has 0 spiro atoms. The smallest absolute Gasteiger partial charge is 0.331 e. The number of nitro groups is 1. The molecule has 0 unspecified atom stereocenters. The van der Waals surface area contributed by atoms with Crippen molar-refractivity contribution in [3.63, 3.8) is 0 Å². The quantitative estimate of drug-likeness (QED) is 0.354. The monoisotopic (exact) mass is 360 g/mol. The van der Waals surface area contributed by atoms with Crippen LogP contribution in [0.15, 0.2) is 47.9 Å². The van der Waals surface area contributed by atoms with Crippen LogP contribution in [-0.4, -0.2) is 23.4 Å². The highest BCUT2D eigenvalue weighted by molar-refractivity contribution is 7.10. The lowest BCUT2D eigenvalue weighted by atomic mass is 10.2. The van der Waals surface area contributed by atoms with Crippen molar-refractivity contribution in [1.29, 1.82) is 0 Å². The van der Waals surface area contributed by atoms with E-state index in [1.165, 1.54) is 35.6 Å². The highest BCUT2D eigenvalue weighted by Crippen LogP contribution is 2.17. The molecule has 0 fully saturated rings. The van der Waals surface area contributed by atoms with Crippen LogP contribution in [0.25, 0.3) is 6.08 Å². The van der Waals surface area contributed by atoms with Crippen molar-refractivity contribution >= 4 is 35.0 Å². The Kier molecular flexibility index (Phi) is 6.41. The minimum Gasteiger partial charge on any atom is -0.452 e. The van der Waals surface area contributed by atoms with Crippen LogP contribution in [0.5, 0.6) is 0 Å². The zero-order valence-electron chi connectivity index (χ0n) is 13.4. The number of non-ortho nitro benzene ring substituents is 1.